The van der Waals surface area contributed by atoms with E-state index in [9.17, 15) is 0 Å². The number of rotatable bonds is 2. The molecule has 4 saturated carbocycles. The second-order valence-corrected chi connectivity index (χ2v) is 7.66. The first kappa shape index (κ1) is 12.8. The highest BCUT2D eigenvalue weighted by Crippen LogP contribution is 2.59. The molecule has 0 amide bonds. The summed E-state index contributed by atoms with van der Waals surface area (Å²) in [6.07, 6.45) is 7.39. The third-order valence-electron chi connectivity index (χ3n) is 6.21. The zero-order valence-corrected chi connectivity index (χ0v) is 12.7. The second kappa shape index (κ2) is 4.56. The van der Waals surface area contributed by atoms with Crippen molar-refractivity contribution in [3.05, 3.63) is 29.1 Å². The topological polar surface area (TPSA) is 38.9 Å². The van der Waals surface area contributed by atoms with Crippen molar-refractivity contribution in [3.8, 4) is 0 Å². The maximum Gasteiger partial charge on any atom is 0.0443 e. The van der Waals surface area contributed by atoms with E-state index in [2.05, 4.69) is 19.1 Å². The number of nitrogens with two attached hydrogens (primary N) is 1. The van der Waals surface area contributed by atoms with Crippen molar-refractivity contribution < 1.29 is 0 Å². The Morgan fingerprint density at radius 1 is 1.05 bits per heavy atom. The Kier molecular flexibility index (Phi) is 2.92. The minimum Gasteiger partial charge on any atom is -0.324 e. The van der Waals surface area contributed by atoms with Crippen molar-refractivity contribution in [1.82, 2.24) is 4.98 Å². The molecule has 1 atom stereocenters. The molecule has 1 aromatic heterocycles. The van der Waals surface area contributed by atoms with Crippen LogP contribution in [0.3, 0.4) is 0 Å². The molecule has 20 heavy (non-hydrogen) atoms. The van der Waals surface area contributed by atoms with Gasteiger partial charge in [-0.25, -0.2) is 0 Å². The third-order valence-corrected chi connectivity index (χ3v) is 6.21. The summed E-state index contributed by atoms with van der Waals surface area (Å²) >= 11 is 0. The summed E-state index contributed by atoms with van der Waals surface area (Å²) in [5.74, 6) is 4.65. The number of pyridine rings is 1. The van der Waals surface area contributed by atoms with Crippen LogP contribution < -0.4 is 5.73 Å². The number of hydrogen-bond donors (Lipinski definition) is 1. The van der Waals surface area contributed by atoms with Gasteiger partial charge in [-0.3, -0.25) is 4.98 Å². The van der Waals surface area contributed by atoms with E-state index in [1.54, 1.807) is 0 Å². The highest BCUT2D eigenvalue weighted by Gasteiger charge is 2.49. The first-order valence-electron chi connectivity index (χ1n) is 8.35. The molecular weight excluding hydrogens is 244 g/mol. The van der Waals surface area contributed by atoms with Crippen LogP contribution in [0.1, 0.15) is 67.9 Å². The van der Waals surface area contributed by atoms with Crippen molar-refractivity contribution in [3.63, 3.8) is 0 Å². The van der Waals surface area contributed by atoms with Crippen molar-refractivity contribution in [2.75, 3.05) is 0 Å². The van der Waals surface area contributed by atoms with E-state index >= 15 is 0 Å². The first-order chi connectivity index (χ1) is 9.61. The molecule has 1 aromatic rings. The van der Waals surface area contributed by atoms with E-state index in [0.29, 0.717) is 0 Å². The van der Waals surface area contributed by atoms with Crippen LogP contribution in [0, 0.1) is 30.6 Å². The van der Waals surface area contributed by atoms with Gasteiger partial charge in [0.25, 0.3) is 0 Å². The zero-order valence-electron chi connectivity index (χ0n) is 12.7. The Hall–Kier alpha value is -0.890. The SMILES string of the molecule is Cc1nc(C2C3CC4CC(C3)CC2C4)ccc1C(C)N. The van der Waals surface area contributed by atoms with E-state index in [4.69, 9.17) is 10.7 Å². The molecule has 1 unspecified atom stereocenters. The molecule has 2 N–H and O–H groups in total. The fraction of sp³-hybridized carbons (Fsp3) is 0.722. The second-order valence-electron chi connectivity index (χ2n) is 7.66. The molecule has 0 radical (unpaired) electrons. The quantitative estimate of drug-likeness (QED) is 0.883. The van der Waals surface area contributed by atoms with Gasteiger partial charge in [0.1, 0.15) is 0 Å². The van der Waals surface area contributed by atoms with E-state index in [1.807, 2.05) is 6.92 Å². The van der Waals surface area contributed by atoms with Crippen LogP contribution in [0.4, 0.5) is 0 Å². The van der Waals surface area contributed by atoms with Gasteiger partial charge in [0, 0.05) is 23.3 Å². The van der Waals surface area contributed by atoms with Gasteiger partial charge in [-0.2, -0.15) is 0 Å². The molecule has 0 spiro atoms. The predicted molar refractivity (Wildman–Crippen MR) is 81.4 cm³/mol. The Labute approximate surface area is 122 Å². The van der Waals surface area contributed by atoms with Gasteiger partial charge < -0.3 is 5.73 Å². The molecule has 1 heterocycles. The van der Waals surface area contributed by atoms with Gasteiger partial charge in [0.15, 0.2) is 0 Å². The summed E-state index contributed by atoms with van der Waals surface area (Å²) in [6.45, 7) is 4.17. The average Bonchev–Trinajstić information content (AvgIpc) is 2.37. The fourth-order valence-corrected chi connectivity index (χ4v) is 5.67. The van der Waals surface area contributed by atoms with Gasteiger partial charge in [-0.05, 0) is 81.3 Å². The van der Waals surface area contributed by atoms with Crippen LogP contribution in [0.25, 0.3) is 0 Å². The fourth-order valence-electron chi connectivity index (χ4n) is 5.67. The van der Waals surface area contributed by atoms with Crippen LogP contribution in [0.2, 0.25) is 0 Å². The summed E-state index contributed by atoms with van der Waals surface area (Å²) in [6, 6.07) is 4.60. The molecule has 2 nitrogen and oxygen atoms in total. The van der Waals surface area contributed by atoms with E-state index < -0.39 is 0 Å². The van der Waals surface area contributed by atoms with Gasteiger partial charge in [-0.15, -0.1) is 0 Å². The summed E-state index contributed by atoms with van der Waals surface area (Å²) in [7, 11) is 0. The number of aryl methyl sites for hydroxylation is 1. The smallest absolute Gasteiger partial charge is 0.0443 e. The Bertz CT molecular complexity index is 492. The van der Waals surface area contributed by atoms with Gasteiger partial charge in [0.05, 0.1) is 0 Å². The van der Waals surface area contributed by atoms with Gasteiger partial charge in [-0.1, -0.05) is 6.07 Å². The van der Waals surface area contributed by atoms with Crippen LogP contribution in [-0.2, 0) is 0 Å². The maximum absolute atomic E-state index is 6.02. The summed E-state index contributed by atoms with van der Waals surface area (Å²) in [5, 5.41) is 0. The number of aromatic nitrogens is 1. The monoisotopic (exact) mass is 270 g/mol. The minimum atomic E-state index is 0.0926. The van der Waals surface area contributed by atoms with E-state index in [-0.39, 0.29) is 6.04 Å². The average molecular weight is 270 g/mol. The summed E-state index contributed by atoms with van der Waals surface area (Å²) < 4.78 is 0. The van der Waals surface area contributed by atoms with Gasteiger partial charge >= 0.3 is 0 Å². The van der Waals surface area contributed by atoms with Crippen molar-refractivity contribution >= 4 is 0 Å². The van der Waals surface area contributed by atoms with Crippen molar-refractivity contribution in [1.29, 1.82) is 0 Å². The molecule has 4 aliphatic rings. The number of hydrogen-bond acceptors (Lipinski definition) is 2. The Balaban J connectivity index is 1.66. The Morgan fingerprint density at radius 3 is 2.15 bits per heavy atom. The summed E-state index contributed by atoms with van der Waals surface area (Å²) in [4.78, 5) is 4.96. The van der Waals surface area contributed by atoms with Crippen molar-refractivity contribution in [2.45, 2.75) is 57.9 Å². The lowest BCUT2D eigenvalue weighted by molar-refractivity contribution is -0.00419. The maximum atomic E-state index is 6.02. The lowest BCUT2D eigenvalue weighted by Crippen LogP contribution is -2.44. The highest BCUT2D eigenvalue weighted by molar-refractivity contribution is 5.28. The molecule has 0 aliphatic heterocycles. The molecule has 0 saturated heterocycles. The van der Waals surface area contributed by atoms with Crippen molar-refractivity contribution in [2.24, 2.45) is 29.4 Å². The van der Waals surface area contributed by atoms with Crippen LogP contribution in [0.15, 0.2) is 12.1 Å². The van der Waals surface area contributed by atoms with E-state index in [1.165, 1.54) is 43.4 Å². The molecular formula is C18H26N2. The largest absolute Gasteiger partial charge is 0.324 e. The highest BCUT2D eigenvalue weighted by atomic mass is 14.8. The summed E-state index contributed by atoms with van der Waals surface area (Å²) in [5.41, 5.74) is 9.73. The normalized spacial score (nSPS) is 40.0. The van der Waals surface area contributed by atoms with Crippen LogP contribution in [0.5, 0.6) is 0 Å². The Morgan fingerprint density at radius 2 is 1.65 bits per heavy atom. The van der Waals surface area contributed by atoms with Crippen LogP contribution >= 0.6 is 0 Å². The van der Waals surface area contributed by atoms with E-state index in [0.717, 1.165) is 35.3 Å². The molecule has 0 aromatic carbocycles. The predicted octanol–water partition coefficient (Wildman–Crippen LogP) is 3.95. The number of nitrogens with zero attached hydrogens (tertiary/aromatic N) is 1. The molecule has 4 bridgehead atoms. The van der Waals surface area contributed by atoms with Crippen LogP contribution in [-0.4, -0.2) is 4.98 Å². The molecule has 4 fully saturated rings. The lowest BCUT2D eigenvalue weighted by Gasteiger charge is -2.54. The molecule has 108 valence electrons. The zero-order chi connectivity index (χ0) is 13.9. The van der Waals surface area contributed by atoms with Gasteiger partial charge in [0.2, 0.25) is 0 Å². The lowest BCUT2D eigenvalue weighted by atomic mass is 9.51. The molecule has 5 rings (SSSR count). The molecule has 4 aliphatic carbocycles. The standard InChI is InChI=1S/C18H26N2/c1-10(19)16-3-4-17(20-11(16)2)18-14-6-12-5-13(8-14)9-15(18)7-12/h3-4,10,12-15,18H,5-9,19H2,1-2H3. The minimum absolute atomic E-state index is 0.0926. The third kappa shape index (κ3) is 1.92. The first-order valence-corrected chi connectivity index (χ1v) is 8.35. The molecule has 2 heteroatoms.